The number of hydrogen-bond donors (Lipinski definition) is 2. The van der Waals surface area contributed by atoms with Crippen LogP contribution in [0.15, 0.2) is 16.6 Å². The summed E-state index contributed by atoms with van der Waals surface area (Å²) in [5.41, 5.74) is 5.15. The van der Waals surface area contributed by atoms with Crippen LogP contribution in [0.4, 0.5) is 8.78 Å². The Morgan fingerprint density at radius 3 is 2.29 bits per heavy atom. The van der Waals surface area contributed by atoms with Crippen molar-refractivity contribution in [3.63, 3.8) is 0 Å². The monoisotopic (exact) mass is 382 g/mol. The quantitative estimate of drug-likeness (QED) is 0.839. The number of nitrogens with two attached hydrogens (primary N) is 1. The van der Waals surface area contributed by atoms with E-state index in [1.807, 2.05) is 0 Å². The Morgan fingerprint density at radius 1 is 1.24 bits per heavy atom. The third kappa shape index (κ3) is 4.63. The van der Waals surface area contributed by atoms with Crippen LogP contribution in [0, 0.1) is 11.6 Å². The van der Waals surface area contributed by atoms with Crippen LogP contribution in [0.5, 0.6) is 0 Å². The summed E-state index contributed by atoms with van der Waals surface area (Å²) in [6.07, 6.45) is 4.82. The second-order valence-electron chi connectivity index (χ2n) is 5.35. The van der Waals surface area contributed by atoms with Gasteiger partial charge in [-0.25, -0.2) is 8.78 Å². The molecule has 0 unspecified atom stereocenters. The van der Waals surface area contributed by atoms with Gasteiger partial charge in [-0.3, -0.25) is 4.79 Å². The molecule has 3 N–H and O–H groups in total. The fraction of sp³-hybridized carbons (Fsp3) is 0.500. The number of rotatable bonds is 3. The molecule has 1 fully saturated rings. The summed E-state index contributed by atoms with van der Waals surface area (Å²) >= 11 is 2.97. The smallest absolute Gasteiger partial charge is 0.257 e. The Hall–Kier alpha value is -0.720. The van der Waals surface area contributed by atoms with E-state index >= 15 is 0 Å². The van der Waals surface area contributed by atoms with Crippen molar-refractivity contribution >= 4 is 34.2 Å². The summed E-state index contributed by atoms with van der Waals surface area (Å²) in [5.74, 6) is -2.53. The number of amides is 1. The van der Waals surface area contributed by atoms with Crippen molar-refractivity contribution in [2.24, 2.45) is 5.73 Å². The lowest BCUT2D eigenvalue weighted by atomic mass is 9.82. The Bertz CT molecular complexity index is 499. The van der Waals surface area contributed by atoms with Gasteiger partial charge in [0.2, 0.25) is 0 Å². The molecule has 1 saturated carbocycles. The predicted molar refractivity (Wildman–Crippen MR) is 83.6 cm³/mol. The molecule has 0 radical (unpaired) electrons. The molecule has 0 atom stereocenters. The summed E-state index contributed by atoms with van der Waals surface area (Å²) in [6, 6.07) is 2.13. The number of carbonyl (C=O) groups excluding carboxylic acids is 1. The maximum absolute atomic E-state index is 13.7. The first-order valence-corrected chi connectivity index (χ1v) is 7.42. The van der Waals surface area contributed by atoms with Crippen LogP contribution in [0.3, 0.4) is 0 Å². The van der Waals surface area contributed by atoms with Gasteiger partial charge in [0, 0.05) is 16.6 Å². The molecule has 1 aromatic carbocycles. The topological polar surface area (TPSA) is 55.1 Å². The first-order chi connectivity index (χ1) is 9.41. The molecule has 1 aliphatic carbocycles. The molecule has 2 rings (SSSR count). The lowest BCUT2D eigenvalue weighted by Crippen LogP contribution is -2.51. The van der Waals surface area contributed by atoms with Crippen LogP contribution in [0.25, 0.3) is 0 Å². The summed E-state index contributed by atoms with van der Waals surface area (Å²) in [7, 11) is 0. The molecule has 118 valence electrons. The molecule has 0 spiro atoms. The average Bonchev–Trinajstić information content (AvgIpc) is 2.36. The molecule has 3 nitrogen and oxygen atoms in total. The highest BCUT2D eigenvalue weighted by Crippen LogP contribution is 2.25. The molecular weight excluding hydrogens is 366 g/mol. The molecule has 0 aliphatic heterocycles. The largest absolute Gasteiger partial charge is 0.350 e. The van der Waals surface area contributed by atoms with Crippen molar-refractivity contribution in [1.82, 2.24) is 5.32 Å². The highest BCUT2D eigenvalue weighted by Gasteiger charge is 2.28. The molecule has 1 amide bonds. The molecule has 0 aromatic heterocycles. The summed E-state index contributed by atoms with van der Waals surface area (Å²) < 4.78 is 27.6. The molecule has 0 heterocycles. The zero-order chi connectivity index (χ0) is 14.8. The number of hydrogen-bond acceptors (Lipinski definition) is 2. The lowest BCUT2D eigenvalue weighted by molar-refractivity contribution is 0.0929. The Morgan fingerprint density at radius 2 is 1.76 bits per heavy atom. The van der Waals surface area contributed by atoms with E-state index in [4.69, 9.17) is 5.73 Å². The Kier molecular flexibility index (Phi) is 6.56. The molecule has 0 saturated heterocycles. The minimum Gasteiger partial charge on any atom is -0.350 e. The van der Waals surface area contributed by atoms with E-state index in [0.717, 1.165) is 44.2 Å². The van der Waals surface area contributed by atoms with Crippen molar-refractivity contribution in [2.75, 3.05) is 6.54 Å². The van der Waals surface area contributed by atoms with Gasteiger partial charge in [0.05, 0.1) is 0 Å². The summed E-state index contributed by atoms with van der Waals surface area (Å²) in [4.78, 5) is 11.9. The maximum atomic E-state index is 13.7. The minimum atomic E-state index is -0.885. The van der Waals surface area contributed by atoms with E-state index < -0.39 is 28.6 Å². The van der Waals surface area contributed by atoms with Crippen LogP contribution in [-0.4, -0.2) is 18.0 Å². The fourth-order valence-electron chi connectivity index (χ4n) is 2.54. The van der Waals surface area contributed by atoms with E-state index in [2.05, 4.69) is 21.2 Å². The third-order valence-corrected chi connectivity index (χ3v) is 4.14. The number of halogens is 4. The summed E-state index contributed by atoms with van der Waals surface area (Å²) in [5, 5.41) is 2.55. The van der Waals surface area contributed by atoms with Gasteiger partial charge < -0.3 is 11.1 Å². The van der Waals surface area contributed by atoms with Gasteiger partial charge in [0.25, 0.3) is 5.91 Å². The number of benzene rings is 1. The van der Waals surface area contributed by atoms with Crippen molar-refractivity contribution in [3.05, 3.63) is 33.8 Å². The highest BCUT2D eigenvalue weighted by molar-refractivity contribution is 9.10. The van der Waals surface area contributed by atoms with Crippen molar-refractivity contribution in [1.29, 1.82) is 0 Å². The van der Waals surface area contributed by atoms with E-state index in [1.54, 1.807) is 0 Å². The molecule has 21 heavy (non-hydrogen) atoms. The van der Waals surface area contributed by atoms with Gasteiger partial charge in [-0.1, -0.05) is 35.2 Å². The molecule has 1 aromatic rings. The molecule has 0 bridgehead atoms. The van der Waals surface area contributed by atoms with E-state index in [1.165, 1.54) is 0 Å². The Balaban J connectivity index is 0.00000220. The van der Waals surface area contributed by atoms with Crippen LogP contribution < -0.4 is 11.1 Å². The maximum Gasteiger partial charge on any atom is 0.257 e. The van der Waals surface area contributed by atoms with Crippen LogP contribution in [0.2, 0.25) is 0 Å². The summed E-state index contributed by atoms with van der Waals surface area (Å²) in [6.45, 7) is 0.237. The van der Waals surface area contributed by atoms with Gasteiger partial charge in [-0.05, 0) is 25.0 Å². The highest BCUT2D eigenvalue weighted by atomic mass is 79.9. The third-order valence-electron chi connectivity index (χ3n) is 3.68. The minimum absolute atomic E-state index is 0. The zero-order valence-electron chi connectivity index (χ0n) is 11.4. The van der Waals surface area contributed by atoms with Crippen LogP contribution >= 0.6 is 28.3 Å². The first kappa shape index (κ1) is 18.3. The molecular formula is C14H18BrClF2N2O. The van der Waals surface area contributed by atoms with Crippen molar-refractivity contribution in [2.45, 2.75) is 37.6 Å². The second-order valence-corrected chi connectivity index (χ2v) is 6.27. The molecule has 1 aliphatic rings. The van der Waals surface area contributed by atoms with Crippen molar-refractivity contribution < 1.29 is 13.6 Å². The Labute approximate surface area is 137 Å². The average molecular weight is 384 g/mol. The van der Waals surface area contributed by atoms with Crippen molar-refractivity contribution in [3.8, 4) is 0 Å². The second kappa shape index (κ2) is 7.51. The van der Waals surface area contributed by atoms with Gasteiger partial charge in [0.15, 0.2) is 0 Å². The molecule has 7 heteroatoms. The first-order valence-electron chi connectivity index (χ1n) is 6.63. The van der Waals surface area contributed by atoms with Gasteiger partial charge in [-0.2, -0.15) is 0 Å². The lowest BCUT2D eigenvalue weighted by Gasteiger charge is -2.33. The zero-order valence-corrected chi connectivity index (χ0v) is 13.8. The SMILES string of the molecule is Cl.NC1(CNC(=O)c2c(F)cc(Br)cc2F)CCCCC1. The van der Waals surface area contributed by atoms with Gasteiger partial charge in [-0.15, -0.1) is 12.4 Å². The predicted octanol–water partition coefficient (Wildman–Crippen LogP) is 3.54. The fourth-order valence-corrected chi connectivity index (χ4v) is 2.94. The van der Waals surface area contributed by atoms with Crippen LogP contribution in [0.1, 0.15) is 42.5 Å². The normalized spacial score (nSPS) is 17.0. The van der Waals surface area contributed by atoms with Crippen LogP contribution in [-0.2, 0) is 0 Å². The van der Waals surface area contributed by atoms with E-state index in [9.17, 15) is 13.6 Å². The van der Waals surface area contributed by atoms with E-state index in [0.29, 0.717) is 0 Å². The standard InChI is InChI=1S/C14H17BrF2N2O.ClH/c15-9-6-10(16)12(11(17)7-9)13(20)19-8-14(18)4-2-1-3-5-14;/h6-7H,1-5,8,18H2,(H,19,20);1H. The van der Waals surface area contributed by atoms with Gasteiger partial charge in [0.1, 0.15) is 17.2 Å². The van der Waals surface area contributed by atoms with E-state index in [-0.39, 0.29) is 23.4 Å². The number of nitrogens with one attached hydrogen (secondary N) is 1. The van der Waals surface area contributed by atoms with Gasteiger partial charge >= 0.3 is 0 Å². The number of carbonyl (C=O) groups is 1.